The molecule has 9 aromatic rings. The van der Waals surface area contributed by atoms with Crippen LogP contribution in [0.15, 0.2) is 156 Å². The fourth-order valence-corrected chi connectivity index (χ4v) is 8.09. The van der Waals surface area contributed by atoms with Crippen molar-refractivity contribution in [1.82, 2.24) is 13.7 Å². The molecule has 0 spiro atoms. The van der Waals surface area contributed by atoms with Gasteiger partial charge in [-0.1, -0.05) is 85.0 Å². The van der Waals surface area contributed by atoms with Crippen molar-refractivity contribution < 1.29 is 4.42 Å². The van der Waals surface area contributed by atoms with Gasteiger partial charge < -0.3 is 13.6 Å². The Kier molecular flexibility index (Phi) is 4.60. The molecule has 1 atom stereocenters. The second-order valence-corrected chi connectivity index (χ2v) is 12.3. The minimum Gasteiger partial charge on any atom is -0.456 e. The largest absolute Gasteiger partial charge is 0.456 e. The first-order valence-electron chi connectivity index (χ1n) is 15.8. The summed E-state index contributed by atoms with van der Waals surface area (Å²) in [6.07, 6.45) is 8.90. The van der Waals surface area contributed by atoms with Crippen LogP contribution < -0.4 is 4.58 Å². The number of allylic oxidation sites excluding steroid dienone is 4. The zero-order valence-corrected chi connectivity index (χ0v) is 24.8. The Morgan fingerprint density at radius 1 is 0.543 bits per heavy atom. The molecule has 4 nitrogen and oxygen atoms in total. The van der Waals surface area contributed by atoms with Crippen molar-refractivity contribution in [2.45, 2.75) is 6.04 Å². The van der Waals surface area contributed by atoms with Gasteiger partial charge in [0.15, 0.2) is 0 Å². The van der Waals surface area contributed by atoms with Crippen molar-refractivity contribution in [2.24, 2.45) is 0 Å². The van der Waals surface area contributed by atoms with Crippen LogP contribution in [0.3, 0.4) is 0 Å². The van der Waals surface area contributed by atoms with Crippen LogP contribution in [-0.4, -0.2) is 14.8 Å². The third-order valence-electron chi connectivity index (χ3n) is 10.00. The Morgan fingerprint density at radius 3 is 2.07 bits per heavy atom. The topological polar surface area (TPSA) is 26.0 Å². The molecular formula is C42H26N3O+. The maximum Gasteiger partial charge on any atom is 0.235 e. The van der Waals surface area contributed by atoms with Gasteiger partial charge in [-0.2, -0.15) is 4.58 Å². The Labute approximate surface area is 263 Å². The highest BCUT2D eigenvalue weighted by Crippen LogP contribution is 2.45. The third-order valence-corrected chi connectivity index (χ3v) is 10.00. The summed E-state index contributed by atoms with van der Waals surface area (Å²) < 4.78 is 13.7. The quantitative estimate of drug-likeness (QED) is 0.185. The molecule has 0 amide bonds. The van der Waals surface area contributed by atoms with Crippen LogP contribution in [0.2, 0.25) is 0 Å². The molecule has 0 bridgehead atoms. The lowest BCUT2D eigenvalue weighted by atomic mass is 10.0. The standard InChI is InChI=1S/C42H26N3O/c1-4-14-34-28(10-1)29-11-2-5-15-35(29)43(34)26-20-22-27(23-21-26)44-36-16-6-7-17-37(36)45-39-25-41-33(30-12-3-8-19-40(30)46-41)24-32(39)31-13-9-18-38(44)42(31)45/h1-25,37H/q+1. The summed E-state index contributed by atoms with van der Waals surface area (Å²) >= 11 is 0. The molecule has 46 heavy (non-hydrogen) atoms. The number of benzene rings is 6. The molecule has 3 aromatic heterocycles. The van der Waals surface area contributed by atoms with Crippen LogP contribution >= 0.6 is 0 Å². The van der Waals surface area contributed by atoms with Crippen molar-refractivity contribution in [1.29, 1.82) is 0 Å². The molecular weight excluding hydrogens is 562 g/mol. The molecule has 1 unspecified atom stereocenters. The summed E-state index contributed by atoms with van der Waals surface area (Å²) in [4.78, 5) is 0. The van der Waals surface area contributed by atoms with Crippen LogP contribution in [0, 0.1) is 0 Å². The van der Waals surface area contributed by atoms with Crippen LogP contribution in [0.4, 0.5) is 11.4 Å². The normalized spacial score (nSPS) is 15.8. The molecule has 6 aromatic carbocycles. The molecule has 1 aliphatic carbocycles. The van der Waals surface area contributed by atoms with Gasteiger partial charge in [-0.3, -0.25) is 0 Å². The maximum atomic E-state index is 6.36. The summed E-state index contributed by atoms with van der Waals surface area (Å²) in [6.45, 7) is 0. The lowest BCUT2D eigenvalue weighted by Crippen LogP contribution is -2.30. The highest BCUT2D eigenvalue weighted by atomic mass is 16.3. The van der Waals surface area contributed by atoms with Gasteiger partial charge in [0.25, 0.3) is 0 Å². The first-order valence-corrected chi connectivity index (χ1v) is 15.8. The van der Waals surface area contributed by atoms with E-state index in [1.54, 1.807) is 0 Å². The fraction of sp³-hybridized carbons (Fsp3) is 0.0238. The van der Waals surface area contributed by atoms with Crippen molar-refractivity contribution in [2.75, 3.05) is 0 Å². The van der Waals surface area contributed by atoms with Crippen molar-refractivity contribution in [3.63, 3.8) is 0 Å². The molecule has 0 saturated heterocycles. The molecule has 0 saturated carbocycles. The molecule has 0 N–H and O–H groups in total. The molecule has 2 aliphatic rings. The van der Waals surface area contributed by atoms with Gasteiger partial charge >= 0.3 is 0 Å². The molecule has 0 fully saturated rings. The van der Waals surface area contributed by atoms with Crippen molar-refractivity contribution >= 4 is 82.6 Å². The monoisotopic (exact) mass is 588 g/mol. The predicted octanol–water partition coefficient (Wildman–Crippen LogP) is 10.7. The molecule has 11 rings (SSSR count). The maximum absolute atomic E-state index is 6.36. The summed E-state index contributed by atoms with van der Waals surface area (Å²) in [5.74, 6) is 0. The highest BCUT2D eigenvalue weighted by Gasteiger charge is 2.37. The predicted molar refractivity (Wildman–Crippen MR) is 191 cm³/mol. The van der Waals surface area contributed by atoms with Gasteiger partial charge in [-0.25, -0.2) is 0 Å². The van der Waals surface area contributed by atoms with Gasteiger partial charge in [-0.15, -0.1) is 0 Å². The van der Waals surface area contributed by atoms with Crippen LogP contribution in [0.25, 0.3) is 71.2 Å². The van der Waals surface area contributed by atoms with E-state index in [2.05, 4.69) is 159 Å². The lowest BCUT2D eigenvalue weighted by Gasteiger charge is -2.24. The van der Waals surface area contributed by atoms with Gasteiger partial charge in [0.1, 0.15) is 22.7 Å². The zero-order valence-electron chi connectivity index (χ0n) is 24.8. The minimum atomic E-state index is 0.0544. The van der Waals surface area contributed by atoms with Crippen LogP contribution in [0.1, 0.15) is 6.04 Å². The Balaban J connectivity index is 1.14. The number of rotatable bonds is 2. The van der Waals surface area contributed by atoms with E-state index in [1.165, 1.54) is 55.0 Å². The summed E-state index contributed by atoms with van der Waals surface area (Å²) in [5, 5.41) is 7.37. The molecule has 1 aliphatic heterocycles. The van der Waals surface area contributed by atoms with E-state index in [0.29, 0.717) is 0 Å². The van der Waals surface area contributed by atoms with E-state index in [1.807, 2.05) is 6.07 Å². The van der Waals surface area contributed by atoms with Gasteiger partial charge in [-0.05, 0) is 36.4 Å². The average Bonchev–Trinajstić information content (AvgIpc) is 3.76. The van der Waals surface area contributed by atoms with E-state index in [4.69, 9.17) is 4.42 Å². The fourth-order valence-electron chi connectivity index (χ4n) is 8.09. The molecule has 0 radical (unpaired) electrons. The third kappa shape index (κ3) is 3.05. The Bertz CT molecular complexity index is 2800. The SMILES string of the molecule is C1=CC2=[N+](c3ccc(-n4c5ccccc5c5ccccc54)cc3)c3cccc4c5cc6c(cc5n(c34)C2C=C1)oc1ccccc16. The number of furan rings is 1. The lowest BCUT2D eigenvalue weighted by molar-refractivity contribution is 0.669. The van der Waals surface area contributed by atoms with E-state index < -0.39 is 0 Å². The second kappa shape index (κ2) is 8.74. The molecule has 4 heteroatoms. The summed E-state index contributed by atoms with van der Waals surface area (Å²) in [7, 11) is 0. The minimum absolute atomic E-state index is 0.0544. The van der Waals surface area contributed by atoms with Crippen molar-refractivity contribution in [3.8, 4) is 5.69 Å². The molecule has 214 valence electrons. The van der Waals surface area contributed by atoms with Gasteiger partial charge in [0.05, 0.1) is 16.6 Å². The van der Waals surface area contributed by atoms with Crippen LogP contribution in [0.5, 0.6) is 0 Å². The van der Waals surface area contributed by atoms with E-state index in [9.17, 15) is 0 Å². The van der Waals surface area contributed by atoms with E-state index >= 15 is 0 Å². The number of hydrogen-bond acceptors (Lipinski definition) is 1. The first kappa shape index (κ1) is 24.2. The Hall–Kier alpha value is -6.13. The van der Waals surface area contributed by atoms with E-state index in [0.717, 1.165) is 33.3 Å². The second-order valence-electron chi connectivity index (χ2n) is 12.3. The number of aromatic nitrogens is 2. The first-order chi connectivity index (χ1) is 22.8. The molecule has 4 heterocycles. The highest BCUT2D eigenvalue weighted by molar-refractivity contribution is 6.21. The Morgan fingerprint density at radius 2 is 1.26 bits per heavy atom. The summed E-state index contributed by atoms with van der Waals surface area (Å²) in [5.41, 5.74) is 11.4. The number of fused-ring (bicyclic) bond motifs is 11. The van der Waals surface area contributed by atoms with Gasteiger partial charge in [0.2, 0.25) is 17.1 Å². The van der Waals surface area contributed by atoms with Crippen LogP contribution in [-0.2, 0) is 0 Å². The number of nitrogens with zero attached hydrogens (tertiary/aromatic N) is 3. The zero-order chi connectivity index (χ0) is 29.9. The van der Waals surface area contributed by atoms with Crippen molar-refractivity contribution in [3.05, 3.63) is 152 Å². The smallest absolute Gasteiger partial charge is 0.235 e. The average molecular weight is 589 g/mol. The van der Waals surface area contributed by atoms with Gasteiger partial charge in [0, 0.05) is 68.3 Å². The number of hydrogen-bond donors (Lipinski definition) is 0. The number of para-hydroxylation sites is 4. The van der Waals surface area contributed by atoms with E-state index in [-0.39, 0.29) is 6.04 Å². The summed E-state index contributed by atoms with van der Waals surface area (Å²) in [6, 6.07) is 46.1.